The molecule has 3 aromatic carbocycles. The van der Waals surface area contributed by atoms with Gasteiger partial charge < -0.3 is 19.3 Å². The van der Waals surface area contributed by atoms with Gasteiger partial charge >= 0.3 is 0 Å². The van der Waals surface area contributed by atoms with Crippen LogP contribution in [0, 0.1) is 0 Å². The van der Waals surface area contributed by atoms with E-state index in [-0.39, 0.29) is 27.1 Å². The monoisotopic (exact) mass is 340 g/mol. The van der Waals surface area contributed by atoms with E-state index in [1.165, 1.54) is 0 Å². The molecule has 0 aromatic heterocycles. The summed E-state index contributed by atoms with van der Waals surface area (Å²) >= 11 is 0. The zero-order valence-electron chi connectivity index (χ0n) is 12.8. The summed E-state index contributed by atoms with van der Waals surface area (Å²) in [5.41, 5.74) is 2.22. The molecular formula is C19H17O4P. The molecule has 0 saturated heterocycles. The van der Waals surface area contributed by atoms with Gasteiger partial charge in [0.25, 0.3) is 0 Å². The lowest BCUT2D eigenvalue weighted by molar-refractivity contribution is 0.312. The zero-order chi connectivity index (χ0) is 16.8. The van der Waals surface area contributed by atoms with Gasteiger partial charge in [0.15, 0.2) is 0 Å². The number of hydrogen-bond donors (Lipinski definition) is 2. The molecule has 0 amide bonds. The molecule has 1 atom stereocenters. The van der Waals surface area contributed by atoms with Crippen molar-refractivity contribution < 1.29 is 19.3 Å². The first-order valence-electron chi connectivity index (χ1n) is 7.43. The summed E-state index contributed by atoms with van der Waals surface area (Å²) < 4.78 is 11.2. The molecule has 122 valence electrons. The minimum Gasteiger partial charge on any atom is -0.508 e. The van der Waals surface area contributed by atoms with E-state index in [0.717, 1.165) is 5.56 Å². The molecule has 0 bridgehead atoms. The Labute approximate surface area is 142 Å². The highest BCUT2D eigenvalue weighted by Gasteiger charge is 2.09. The molecule has 0 aliphatic heterocycles. The lowest BCUT2D eigenvalue weighted by Crippen LogP contribution is -1.89. The Balaban J connectivity index is 1.66. The second kappa shape index (κ2) is 7.82. The highest BCUT2D eigenvalue weighted by molar-refractivity contribution is 7.26. The van der Waals surface area contributed by atoms with Crippen molar-refractivity contribution in [2.45, 2.75) is 6.61 Å². The third-order valence-corrected chi connectivity index (χ3v) is 4.08. The molecule has 0 heterocycles. The first-order chi connectivity index (χ1) is 11.8. The fraction of sp³-hybridized carbons (Fsp3) is 0.0526. The van der Waals surface area contributed by atoms with E-state index >= 15 is 0 Å². The van der Waals surface area contributed by atoms with Crippen LogP contribution in [0.3, 0.4) is 0 Å². The van der Waals surface area contributed by atoms with Crippen LogP contribution in [0.1, 0.15) is 5.56 Å². The molecule has 1 unspecified atom stereocenters. The molecule has 5 heteroatoms. The predicted molar refractivity (Wildman–Crippen MR) is 95.4 cm³/mol. The topological polar surface area (TPSA) is 58.9 Å². The van der Waals surface area contributed by atoms with Gasteiger partial charge in [0.05, 0.1) is 6.61 Å². The zero-order valence-corrected chi connectivity index (χ0v) is 13.8. The fourth-order valence-electron chi connectivity index (χ4n) is 2.29. The fourth-order valence-corrected chi connectivity index (χ4v) is 2.84. The number of aromatic hydroxyl groups is 2. The number of hydrogen-bond acceptors (Lipinski definition) is 4. The van der Waals surface area contributed by atoms with Gasteiger partial charge in [-0.1, -0.05) is 54.6 Å². The number of rotatable bonds is 6. The van der Waals surface area contributed by atoms with Gasteiger partial charge in [-0.3, -0.25) is 0 Å². The van der Waals surface area contributed by atoms with Gasteiger partial charge in [-0.05, 0) is 18.2 Å². The van der Waals surface area contributed by atoms with Gasteiger partial charge in [-0.2, -0.15) is 0 Å². The van der Waals surface area contributed by atoms with Crippen LogP contribution < -0.4 is 4.52 Å². The van der Waals surface area contributed by atoms with Crippen molar-refractivity contribution in [3.8, 4) is 28.4 Å². The second-order valence-electron chi connectivity index (χ2n) is 5.12. The molecule has 0 saturated carbocycles. The Hall–Kier alpha value is -2.55. The first-order valence-corrected chi connectivity index (χ1v) is 8.25. The third-order valence-electron chi connectivity index (χ3n) is 3.51. The first kappa shape index (κ1) is 16.3. The Morgan fingerprint density at radius 3 is 2.08 bits per heavy atom. The maximum absolute atomic E-state index is 10.0. The van der Waals surface area contributed by atoms with Crippen molar-refractivity contribution in [1.29, 1.82) is 0 Å². The molecule has 0 spiro atoms. The van der Waals surface area contributed by atoms with Crippen LogP contribution in [0.15, 0.2) is 72.8 Å². The molecule has 0 aliphatic rings. The van der Waals surface area contributed by atoms with E-state index in [9.17, 15) is 10.2 Å². The summed E-state index contributed by atoms with van der Waals surface area (Å²) in [6.07, 6.45) is 0. The van der Waals surface area contributed by atoms with Gasteiger partial charge in [-0.15, -0.1) is 0 Å². The largest absolute Gasteiger partial charge is 0.508 e. The average Bonchev–Trinajstić information content (AvgIpc) is 2.61. The quantitative estimate of drug-likeness (QED) is 0.496. The van der Waals surface area contributed by atoms with Crippen LogP contribution in [0.4, 0.5) is 0 Å². The van der Waals surface area contributed by atoms with Gasteiger partial charge in [0, 0.05) is 16.7 Å². The van der Waals surface area contributed by atoms with Crippen molar-refractivity contribution in [3.05, 3.63) is 78.4 Å². The van der Waals surface area contributed by atoms with E-state index in [1.807, 2.05) is 42.5 Å². The number of benzene rings is 3. The maximum atomic E-state index is 10.0. The lowest BCUT2D eigenvalue weighted by Gasteiger charge is -2.12. The van der Waals surface area contributed by atoms with E-state index in [4.69, 9.17) is 9.05 Å². The van der Waals surface area contributed by atoms with Crippen LogP contribution in [-0.4, -0.2) is 10.2 Å². The summed E-state index contributed by atoms with van der Waals surface area (Å²) in [7, 11) is -0.223. The minimum absolute atomic E-state index is 0.201. The molecule has 24 heavy (non-hydrogen) atoms. The normalized spacial score (nSPS) is 11.0. The summed E-state index contributed by atoms with van der Waals surface area (Å²) in [6.45, 7) is 0.268. The van der Waals surface area contributed by atoms with Crippen LogP contribution in [0.5, 0.6) is 17.2 Å². The van der Waals surface area contributed by atoms with Crippen molar-refractivity contribution in [2.75, 3.05) is 0 Å². The second-order valence-corrected chi connectivity index (χ2v) is 5.78. The highest BCUT2D eigenvalue weighted by Crippen LogP contribution is 2.38. The summed E-state index contributed by atoms with van der Waals surface area (Å²) in [5, 5.41) is 19.7. The van der Waals surface area contributed by atoms with Crippen LogP contribution in [0.25, 0.3) is 11.1 Å². The van der Waals surface area contributed by atoms with Crippen LogP contribution in [0.2, 0.25) is 0 Å². The van der Waals surface area contributed by atoms with E-state index < -0.39 is 0 Å². The van der Waals surface area contributed by atoms with Crippen LogP contribution in [-0.2, 0) is 11.1 Å². The predicted octanol–water partition coefficient (Wildman–Crippen LogP) is 4.87. The standard InChI is InChI=1S/C19H17O4P/c20-17-10-4-1-7-14(17)13-22-24-23-19-12-6-3-9-16(19)15-8-2-5-11-18(15)21/h1-12,20-21,24H,13H2. The van der Waals surface area contributed by atoms with Crippen molar-refractivity contribution in [1.82, 2.24) is 0 Å². The molecular weight excluding hydrogens is 323 g/mol. The summed E-state index contributed by atoms with van der Waals surface area (Å²) in [6, 6.07) is 21.6. The van der Waals surface area contributed by atoms with Crippen LogP contribution >= 0.6 is 9.03 Å². The van der Waals surface area contributed by atoms with E-state index in [1.54, 1.807) is 30.3 Å². The minimum atomic E-state index is -0.223. The van der Waals surface area contributed by atoms with Gasteiger partial charge in [0.1, 0.15) is 17.2 Å². The van der Waals surface area contributed by atoms with E-state index in [2.05, 4.69) is 0 Å². The Morgan fingerprint density at radius 1 is 0.708 bits per heavy atom. The number of phenolic OH excluding ortho intramolecular Hbond substituents is 2. The molecule has 3 aromatic rings. The number of phenols is 2. The lowest BCUT2D eigenvalue weighted by atomic mass is 10.0. The van der Waals surface area contributed by atoms with Crippen molar-refractivity contribution in [3.63, 3.8) is 0 Å². The molecule has 2 N–H and O–H groups in total. The summed E-state index contributed by atoms with van der Waals surface area (Å²) in [4.78, 5) is 0. The third kappa shape index (κ3) is 3.85. The Morgan fingerprint density at radius 2 is 1.33 bits per heavy atom. The molecule has 0 aliphatic carbocycles. The van der Waals surface area contributed by atoms with Crippen molar-refractivity contribution in [2.24, 2.45) is 0 Å². The summed E-state index contributed by atoms with van der Waals surface area (Å²) in [5.74, 6) is 1.04. The number of para-hydroxylation sites is 3. The highest BCUT2D eigenvalue weighted by atomic mass is 31.1. The molecule has 3 rings (SSSR count). The Bertz CT molecular complexity index is 820. The smallest absolute Gasteiger partial charge is 0.215 e. The molecule has 4 nitrogen and oxygen atoms in total. The van der Waals surface area contributed by atoms with Gasteiger partial charge in [0.2, 0.25) is 9.03 Å². The molecule has 0 radical (unpaired) electrons. The maximum Gasteiger partial charge on any atom is 0.215 e. The average molecular weight is 340 g/mol. The van der Waals surface area contributed by atoms with Crippen molar-refractivity contribution >= 4 is 9.03 Å². The molecule has 0 fully saturated rings. The SMILES string of the molecule is Oc1ccccc1COPOc1ccccc1-c1ccccc1O. The van der Waals surface area contributed by atoms with E-state index in [0.29, 0.717) is 16.9 Å². The Kier molecular flexibility index (Phi) is 5.32. The van der Waals surface area contributed by atoms with Gasteiger partial charge in [-0.25, -0.2) is 0 Å².